The molecule has 0 radical (unpaired) electrons. The van der Waals surface area contributed by atoms with Crippen LogP contribution in [0.1, 0.15) is 45.4 Å². The molecule has 0 spiro atoms. The van der Waals surface area contributed by atoms with Gasteiger partial charge in [0.1, 0.15) is 0 Å². The second kappa shape index (κ2) is 6.25. The summed E-state index contributed by atoms with van der Waals surface area (Å²) < 4.78 is 0.820. The smallest absolute Gasteiger partial charge is 0.251 e. The standard InChI is InChI=1S/C19H26N2O2S/c1-13(19-9-14-6-15(10-19)8-16(7-14)11-19)20-17(22)12-24-18-4-2-3-5-21(18)23/h2-5,13-16H,6-12H2,1H3,(H,20,22). The minimum Gasteiger partial charge on any atom is -0.618 e. The fraction of sp³-hybridized carbons (Fsp3) is 0.684. The Morgan fingerprint density at radius 1 is 1.29 bits per heavy atom. The summed E-state index contributed by atoms with van der Waals surface area (Å²) in [5, 5.41) is 15.5. The van der Waals surface area contributed by atoms with Crippen LogP contribution in [0.5, 0.6) is 0 Å². The maximum absolute atomic E-state index is 12.4. The van der Waals surface area contributed by atoms with Gasteiger partial charge in [0.2, 0.25) is 5.91 Å². The van der Waals surface area contributed by atoms with Crippen molar-refractivity contribution in [1.82, 2.24) is 5.32 Å². The highest BCUT2D eigenvalue weighted by molar-refractivity contribution is 7.99. The summed E-state index contributed by atoms with van der Waals surface area (Å²) in [5.41, 5.74) is 0.334. The zero-order valence-corrected chi connectivity index (χ0v) is 15.1. The third-order valence-corrected chi connectivity index (χ3v) is 7.54. The Morgan fingerprint density at radius 3 is 2.50 bits per heavy atom. The molecule has 0 saturated heterocycles. The van der Waals surface area contributed by atoms with E-state index in [1.165, 1.54) is 56.5 Å². The monoisotopic (exact) mass is 346 g/mol. The van der Waals surface area contributed by atoms with Crippen LogP contribution in [0.15, 0.2) is 29.4 Å². The van der Waals surface area contributed by atoms with Gasteiger partial charge in [0, 0.05) is 18.2 Å². The van der Waals surface area contributed by atoms with Crippen molar-refractivity contribution in [3.8, 4) is 0 Å². The molecule has 4 nitrogen and oxygen atoms in total. The predicted octanol–water partition coefficient (Wildman–Crippen LogP) is 3.13. The van der Waals surface area contributed by atoms with E-state index in [4.69, 9.17) is 0 Å². The Kier molecular flexibility index (Phi) is 4.23. The molecule has 1 aromatic heterocycles. The molecule has 0 aromatic carbocycles. The molecular weight excluding hydrogens is 320 g/mol. The van der Waals surface area contributed by atoms with Crippen LogP contribution in [0.4, 0.5) is 0 Å². The lowest BCUT2D eigenvalue weighted by molar-refractivity contribution is -0.645. The number of nitrogens with zero attached hydrogens (tertiary/aromatic N) is 1. The molecular formula is C19H26N2O2S. The number of amides is 1. The van der Waals surface area contributed by atoms with Crippen molar-refractivity contribution in [3.05, 3.63) is 29.6 Å². The number of hydrogen-bond donors (Lipinski definition) is 1. The molecule has 4 bridgehead atoms. The zero-order valence-electron chi connectivity index (χ0n) is 14.2. The number of carbonyl (C=O) groups is 1. The largest absolute Gasteiger partial charge is 0.618 e. The molecule has 1 heterocycles. The van der Waals surface area contributed by atoms with Crippen LogP contribution in [-0.4, -0.2) is 17.7 Å². The molecule has 1 N–H and O–H groups in total. The highest BCUT2D eigenvalue weighted by Gasteiger charge is 2.53. The number of carbonyl (C=O) groups excluding carboxylic acids is 1. The summed E-state index contributed by atoms with van der Waals surface area (Å²) in [6.45, 7) is 2.20. The lowest BCUT2D eigenvalue weighted by atomic mass is 9.48. The molecule has 4 aliphatic rings. The van der Waals surface area contributed by atoms with Gasteiger partial charge in [-0.2, -0.15) is 4.73 Å². The number of nitrogens with one attached hydrogen (secondary N) is 1. The maximum Gasteiger partial charge on any atom is 0.251 e. The third-order valence-electron chi connectivity index (χ3n) is 6.52. The second-order valence-corrected chi connectivity index (χ2v) is 9.22. The molecule has 130 valence electrons. The highest BCUT2D eigenvalue weighted by Crippen LogP contribution is 2.61. The van der Waals surface area contributed by atoms with Gasteiger partial charge in [-0.3, -0.25) is 4.79 Å². The Hall–Kier alpha value is -1.23. The van der Waals surface area contributed by atoms with Gasteiger partial charge < -0.3 is 10.5 Å². The number of pyridine rings is 1. The Morgan fingerprint density at radius 2 is 1.92 bits per heavy atom. The van der Waals surface area contributed by atoms with Crippen LogP contribution in [0.3, 0.4) is 0 Å². The van der Waals surface area contributed by atoms with Crippen LogP contribution >= 0.6 is 11.8 Å². The van der Waals surface area contributed by atoms with E-state index in [1.54, 1.807) is 12.1 Å². The molecule has 5 rings (SSSR count). The fourth-order valence-corrected chi connectivity index (χ4v) is 6.53. The Balaban J connectivity index is 1.35. The van der Waals surface area contributed by atoms with Gasteiger partial charge >= 0.3 is 0 Å². The van der Waals surface area contributed by atoms with Crippen molar-refractivity contribution in [1.29, 1.82) is 0 Å². The number of thioether (sulfide) groups is 1. The van der Waals surface area contributed by atoms with E-state index in [1.807, 2.05) is 6.07 Å². The van der Waals surface area contributed by atoms with Crippen molar-refractivity contribution in [2.45, 2.75) is 56.5 Å². The topological polar surface area (TPSA) is 56.0 Å². The van der Waals surface area contributed by atoms with E-state index in [9.17, 15) is 10.0 Å². The number of rotatable bonds is 5. The summed E-state index contributed by atoms with van der Waals surface area (Å²) in [6, 6.07) is 5.53. The number of aromatic nitrogens is 1. The molecule has 1 atom stereocenters. The average Bonchev–Trinajstić information content (AvgIpc) is 2.53. The van der Waals surface area contributed by atoms with Crippen LogP contribution in [0.2, 0.25) is 0 Å². The second-order valence-electron chi connectivity index (χ2n) is 8.22. The van der Waals surface area contributed by atoms with Crippen molar-refractivity contribution in [2.75, 3.05) is 5.75 Å². The normalized spacial score (nSPS) is 35.0. The molecule has 4 saturated carbocycles. The molecule has 1 amide bonds. The quantitative estimate of drug-likeness (QED) is 0.506. The number of hydrogen-bond acceptors (Lipinski definition) is 3. The van der Waals surface area contributed by atoms with Crippen molar-refractivity contribution in [2.24, 2.45) is 23.2 Å². The zero-order chi connectivity index (χ0) is 16.7. The molecule has 0 aliphatic heterocycles. The summed E-state index contributed by atoms with van der Waals surface area (Å²) in [6.07, 6.45) is 9.64. The van der Waals surface area contributed by atoms with E-state index in [0.717, 1.165) is 22.5 Å². The lowest BCUT2D eigenvalue weighted by Gasteiger charge is -2.59. The molecule has 1 aromatic rings. The van der Waals surface area contributed by atoms with Crippen molar-refractivity contribution in [3.63, 3.8) is 0 Å². The van der Waals surface area contributed by atoms with Crippen LogP contribution in [-0.2, 0) is 4.79 Å². The summed E-state index contributed by atoms with van der Waals surface area (Å²) in [4.78, 5) is 12.4. The van der Waals surface area contributed by atoms with E-state index in [0.29, 0.717) is 16.2 Å². The van der Waals surface area contributed by atoms with E-state index in [2.05, 4.69) is 12.2 Å². The molecule has 4 fully saturated rings. The van der Waals surface area contributed by atoms with E-state index in [-0.39, 0.29) is 11.9 Å². The molecule has 24 heavy (non-hydrogen) atoms. The lowest BCUT2D eigenvalue weighted by Crippen LogP contribution is -2.56. The van der Waals surface area contributed by atoms with Gasteiger partial charge in [0.25, 0.3) is 5.03 Å². The summed E-state index contributed by atoms with van der Waals surface area (Å²) in [7, 11) is 0. The highest BCUT2D eigenvalue weighted by atomic mass is 32.2. The van der Waals surface area contributed by atoms with Crippen LogP contribution in [0.25, 0.3) is 0 Å². The summed E-state index contributed by atoms with van der Waals surface area (Å²) >= 11 is 1.31. The first-order chi connectivity index (χ1) is 11.5. The van der Waals surface area contributed by atoms with Crippen molar-refractivity contribution < 1.29 is 9.52 Å². The SMILES string of the molecule is CC(NC(=O)CSc1cccc[n+]1[O-])C12CC3CC(CC(C3)C1)C2. The van der Waals surface area contributed by atoms with Gasteiger partial charge in [-0.05, 0) is 86.4 Å². The minimum atomic E-state index is 0.0482. The Labute approximate surface area is 148 Å². The van der Waals surface area contributed by atoms with Gasteiger partial charge in [0.15, 0.2) is 6.20 Å². The van der Waals surface area contributed by atoms with Crippen LogP contribution in [0, 0.1) is 28.4 Å². The van der Waals surface area contributed by atoms with Gasteiger partial charge in [0.05, 0.1) is 5.75 Å². The molecule has 1 unspecified atom stereocenters. The third kappa shape index (κ3) is 3.03. The van der Waals surface area contributed by atoms with Crippen LogP contribution < -0.4 is 10.0 Å². The van der Waals surface area contributed by atoms with Gasteiger partial charge in [-0.25, -0.2) is 0 Å². The first kappa shape index (κ1) is 16.2. The molecule has 4 aliphatic carbocycles. The minimum absolute atomic E-state index is 0.0482. The summed E-state index contributed by atoms with van der Waals surface area (Å²) in [5.74, 6) is 3.05. The maximum atomic E-state index is 12.4. The van der Waals surface area contributed by atoms with Gasteiger partial charge in [-0.15, -0.1) is 0 Å². The first-order valence-electron chi connectivity index (χ1n) is 9.14. The van der Waals surface area contributed by atoms with E-state index < -0.39 is 0 Å². The molecule has 5 heteroatoms. The predicted molar refractivity (Wildman–Crippen MR) is 94.3 cm³/mol. The fourth-order valence-electron chi connectivity index (χ4n) is 5.81. The van der Waals surface area contributed by atoms with Crippen molar-refractivity contribution >= 4 is 17.7 Å². The van der Waals surface area contributed by atoms with E-state index >= 15 is 0 Å². The Bertz CT molecular complexity index is 598. The average molecular weight is 346 g/mol. The van der Waals surface area contributed by atoms with Gasteiger partial charge in [-0.1, -0.05) is 0 Å². The first-order valence-corrected chi connectivity index (χ1v) is 10.1.